The zero-order valence-electron chi connectivity index (χ0n) is 15.5. The Kier molecular flexibility index (Phi) is 7.22. The molecule has 4 nitrogen and oxygen atoms in total. The number of hydrogen-bond acceptors (Lipinski definition) is 2. The third kappa shape index (κ3) is 5.33. The van der Waals surface area contributed by atoms with E-state index >= 15 is 0 Å². The first-order valence-corrected chi connectivity index (χ1v) is 9.16. The summed E-state index contributed by atoms with van der Waals surface area (Å²) in [4.78, 5) is 27.0. The first-order chi connectivity index (χ1) is 12.4. The molecule has 1 atom stereocenters. The van der Waals surface area contributed by atoms with Gasteiger partial charge < -0.3 is 10.2 Å². The summed E-state index contributed by atoms with van der Waals surface area (Å²) >= 11 is 5.95. The number of halogens is 1. The van der Waals surface area contributed by atoms with Crippen LogP contribution >= 0.6 is 11.6 Å². The van der Waals surface area contributed by atoms with E-state index in [-0.39, 0.29) is 18.2 Å². The molecule has 0 radical (unpaired) electrons. The van der Waals surface area contributed by atoms with E-state index in [4.69, 9.17) is 11.6 Å². The summed E-state index contributed by atoms with van der Waals surface area (Å²) in [7, 11) is 0. The van der Waals surface area contributed by atoms with E-state index in [1.807, 2.05) is 50.2 Å². The smallest absolute Gasteiger partial charge is 0.242 e. The molecule has 0 heterocycles. The van der Waals surface area contributed by atoms with Crippen LogP contribution in [0.5, 0.6) is 0 Å². The third-order valence-corrected chi connectivity index (χ3v) is 4.64. The van der Waals surface area contributed by atoms with Crippen molar-refractivity contribution >= 4 is 23.4 Å². The van der Waals surface area contributed by atoms with Gasteiger partial charge >= 0.3 is 0 Å². The first-order valence-electron chi connectivity index (χ1n) is 8.78. The average Bonchev–Trinajstić information content (AvgIpc) is 2.62. The lowest BCUT2D eigenvalue weighted by Crippen LogP contribution is -2.48. The Morgan fingerprint density at radius 3 is 2.38 bits per heavy atom. The van der Waals surface area contributed by atoms with Gasteiger partial charge in [0.2, 0.25) is 11.8 Å². The van der Waals surface area contributed by atoms with Crippen molar-refractivity contribution in [3.63, 3.8) is 0 Å². The van der Waals surface area contributed by atoms with Crippen molar-refractivity contribution in [1.29, 1.82) is 0 Å². The summed E-state index contributed by atoms with van der Waals surface area (Å²) in [5.41, 5.74) is 2.98. The van der Waals surface area contributed by atoms with E-state index in [2.05, 4.69) is 5.32 Å². The third-order valence-electron chi connectivity index (χ3n) is 4.39. The van der Waals surface area contributed by atoms with Crippen LogP contribution in [-0.2, 0) is 22.6 Å². The second kappa shape index (κ2) is 9.39. The van der Waals surface area contributed by atoms with E-state index < -0.39 is 6.04 Å². The SMILES string of the molecule is CCNC(=O)[C@@H](C)N(Cc1ccc(Cl)cc1)C(=O)Cc1ccccc1C. The summed E-state index contributed by atoms with van der Waals surface area (Å²) < 4.78 is 0. The Labute approximate surface area is 160 Å². The normalized spacial score (nSPS) is 11.7. The van der Waals surface area contributed by atoms with Crippen LogP contribution in [0, 0.1) is 6.92 Å². The van der Waals surface area contributed by atoms with Gasteiger partial charge in [0.05, 0.1) is 6.42 Å². The molecule has 0 aliphatic carbocycles. The molecular formula is C21H25ClN2O2. The highest BCUT2D eigenvalue weighted by Gasteiger charge is 2.26. The van der Waals surface area contributed by atoms with Crippen molar-refractivity contribution in [3.8, 4) is 0 Å². The molecule has 26 heavy (non-hydrogen) atoms. The van der Waals surface area contributed by atoms with Crippen LogP contribution < -0.4 is 5.32 Å². The van der Waals surface area contributed by atoms with E-state index in [0.29, 0.717) is 18.1 Å². The molecule has 2 rings (SSSR count). The van der Waals surface area contributed by atoms with Gasteiger partial charge in [-0.25, -0.2) is 0 Å². The maximum absolute atomic E-state index is 13.0. The van der Waals surface area contributed by atoms with Gasteiger partial charge in [-0.05, 0) is 49.6 Å². The second-order valence-electron chi connectivity index (χ2n) is 6.32. The molecule has 2 amide bonds. The quantitative estimate of drug-likeness (QED) is 0.804. The summed E-state index contributed by atoms with van der Waals surface area (Å²) in [5, 5.41) is 3.44. The summed E-state index contributed by atoms with van der Waals surface area (Å²) in [6.07, 6.45) is 0.268. The predicted molar refractivity (Wildman–Crippen MR) is 105 cm³/mol. The Morgan fingerprint density at radius 2 is 1.77 bits per heavy atom. The number of hydrogen-bond donors (Lipinski definition) is 1. The number of carbonyl (C=O) groups is 2. The van der Waals surface area contributed by atoms with Crippen molar-refractivity contribution in [1.82, 2.24) is 10.2 Å². The average molecular weight is 373 g/mol. The lowest BCUT2D eigenvalue weighted by molar-refractivity contribution is -0.140. The van der Waals surface area contributed by atoms with E-state index in [9.17, 15) is 9.59 Å². The Bertz CT molecular complexity index is 759. The van der Waals surface area contributed by atoms with Crippen LogP contribution in [0.1, 0.15) is 30.5 Å². The number of carbonyl (C=O) groups excluding carboxylic acids is 2. The number of benzene rings is 2. The van der Waals surface area contributed by atoms with Crippen LogP contribution in [0.3, 0.4) is 0 Å². The number of rotatable bonds is 7. The molecule has 0 saturated carbocycles. The number of nitrogens with one attached hydrogen (secondary N) is 1. The molecule has 0 bridgehead atoms. The van der Waals surface area contributed by atoms with E-state index in [1.165, 1.54) is 0 Å². The van der Waals surface area contributed by atoms with Gasteiger partial charge in [0.25, 0.3) is 0 Å². The van der Waals surface area contributed by atoms with Crippen LogP contribution in [0.2, 0.25) is 5.02 Å². The Balaban J connectivity index is 2.23. The lowest BCUT2D eigenvalue weighted by atomic mass is 10.0. The highest BCUT2D eigenvalue weighted by Crippen LogP contribution is 2.16. The molecule has 2 aromatic rings. The highest BCUT2D eigenvalue weighted by molar-refractivity contribution is 6.30. The van der Waals surface area contributed by atoms with Crippen molar-refractivity contribution in [3.05, 3.63) is 70.2 Å². The van der Waals surface area contributed by atoms with Crippen molar-refractivity contribution in [2.45, 2.75) is 39.8 Å². The molecule has 2 aromatic carbocycles. The summed E-state index contributed by atoms with van der Waals surface area (Å²) in [6.45, 7) is 6.50. The van der Waals surface area contributed by atoms with E-state index in [0.717, 1.165) is 16.7 Å². The molecule has 0 aromatic heterocycles. The van der Waals surface area contributed by atoms with Gasteiger partial charge in [-0.15, -0.1) is 0 Å². The van der Waals surface area contributed by atoms with Crippen LogP contribution in [0.25, 0.3) is 0 Å². The first kappa shape index (κ1) is 20.0. The van der Waals surface area contributed by atoms with Gasteiger partial charge in [0.15, 0.2) is 0 Å². The maximum Gasteiger partial charge on any atom is 0.242 e. The fourth-order valence-electron chi connectivity index (χ4n) is 2.76. The molecule has 0 fully saturated rings. The van der Waals surface area contributed by atoms with Crippen LogP contribution in [-0.4, -0.2) is 29.3 Å². The summed E-state index contributed by atoms with van der Waals surface area (Å²) in [6, 6.07) is 14.6. The Morgan fingerprint density at radius 1 is 1.12 bits per heavy atom. The van der Waals surface area contributed by atoms with Crippen molar-refractivity contribution < 1.29 is 9.59 Å². The summed E-state index contributed by atoms with van der Waals surface area (Å²) in [5.74, 6) is -0.229. The lowest BCUT2D eigenvalue weighted by Gasteiger charge is -2.29. The monoisotopic (exact) mass is 372 g/mol. The van der Waals surface area contributed by atoms with Crippen LogP contribution in [0.15, 0.2) is 48.5 Å². The van der Waals surface area contributed by atoms with Crippen LogP contribution in [0.4, 0.5) is 0 Å². The second-order valence-corrected chi connectivity index (χ2v) is 6.76. The molecule has 5 heteroatoms. The number of amides is 2. The number of nitrogens with zero attached hydrogens (tertiary/aromatic N) is 1. The zero-order valence-corrected chi connectivity index (χ0v) is 16.2. The predicted octanol–water partition coefficient (Wildman–Crippen LogP) is 3.74. The maximum atomic E-state index is 13.0. The van der Waals surface area contributed by atoms with Gasteiger partial charge in [0, 0.05) is 18.1 Å². The van der Waals surface area contributed by atoms with E-state index in [1.54, 1.807) is 24.0 Å². The molecule has 0 spiro atoms. The molecule has 0 aliphatic rings. The minimum absolute atomic E-state index is 0.0759. The minimum atomic E-state index is -0.554. The molecular weight excluding hydrogens is 348 g/mol. The fraction of sp³-hybridized carbons (Fsp3) is 0.333. The topological polar surface area (TPSA) is 49.4 Å². The highest BCUT2D eigenvalue weighted by atomic mass is 35.5. The van der Waals surface area contributed by atoms with Gasteiger partial charge in [0.1, 0.15) is 6.04 Å². The molecule has 1 N–H and O–H groups in total. The molecule has 0 unspecified atom stereocenters. The largest absolute Gasteiger partial charge is 0.355 e. The Hall–Kier alpha value is -2.33. The standard InChI is InChI=1S/C21H25ClN2O2/c1-4-23-21(26)16(3)24(14-17-9-11-19(22)12-10-17)20(25)13-18-8-6-5-7-15(18)2/h5-12,16H,4,13-14H2,1-3H3,(H,23,26)/t16-/m1/s1. The fourth-order valence-corrected chi connectivity index (χ4v) is 2.89. The van der Waals surface area contributed by atoms with Crippen molar-refractivity contribution in [2.75, 3.05) is 6.54 Å². The van der Waals surface area contributed by atoms with Gasteiger partial charge in [-0.1, -0.05) is 48.0 Å². The molecule has 0 aliphatic heterocycles. The van der Waals surface area contributed by atoms with Crippen molar-refractivity contribution in [2.24, 2.45) is 0 Å². The number of aryl methyl sites for hydroxylation is 1. The molecule has 0 saturated heterocycles. The molecule has 138 valence electrons. The number of likely N-dealkylation sites (N-methyl/N-ethyl adjacent to an activating group) is 1. The zero-order chi connectivity index (χ0) is 19.1. The van der Waals surface area contributed by atoms with Gasteiger partial charge in [-0.3, -0.25) is 9.59 Å². The minimum Gasteiger partial charge on any atom is -0.355 e. The van der Waals surface area contributed by atoms with Gasteiger partial charge in [-0.2, -0.15) is 0 Å².